The maximum atomic E-state index is 9.96. The van der Waals surface area contributed by atoms with Gasteiger partial charge in [-0.05, 0) is 6.92 Å². The van der Waals surface area contributed by atoms with Gasteiger partial charge >= 0.3 is 6.09 Å². The monoisotopic (exact) mass is 177 g/mol. The number of methoxy groups -OCH3 is 1. The zero-order chi connectivity index (χ0) is 9.40. The summed E-state index contributed by atoms with van der Waals surface area (Å²) in [6.45, 7) is 3.05. The Morgan fingerprint density at radius 3 is 2.83 bits per heavy atom. The lowest BCUT2D eigenvalue weighted by Gasteiger charge is -2.09. The van der Waals surface area contributed by atoms with E-state index in [1.807, 2.05) is 6.92 Å². The fraction of sp³-hybridized carbons (Fsp3) is 0.857. The molecule has 72 valence electrons. The van der Waals surface area contributed by atoms with E-state index in [0.29, 0.717) is 19.8 Å². The number of ether oxygens (including phenoxy) is 2. The Bertz CT molecular complexity index is 129. The summed E-state index contributed by atoms with van der Waals surface area (Å²) in [7, 11) is 1.60. The van der Waals surface area contributed by atoms with Crippen LogP contribution in [0.5, 0.6) is 0 Å². The lowest BCUT2D eigenvalue weighted by Crippen LogP contribution is -2.26. The first-order valence-corrected chi connectivity index (χ1v) is 3.74. The van der Waals surface area contributed by atoms with Gasteiger partial charge in [0.2, 0.25) is 0 Å². The molecular formula is C7H15NO4. The van der Waals surface area contributed by atoms with E-state index in [1.165, 1.54) is 0 Å². The third-order valence-electron chi connectivity index (χ3n) is 1.28. The van der Waals surface area contributed by atoms with Crippen LogP contribution in [0.15, 0.2) is 0 Å². The van der Waals surface area contributed by atoms with Gasteiger partial charge in [-0.25, -0.2) is 4.79 Å². The topological polar surface area (TPSA) is 67.8 Å². The van der Waals surface area contributed by atoms with E-state index in [4.69, 9.17) is 14.6 Å². The lowest BCUT2D eigenvalue weighted by atomic mass is 10.4. The highest BCUT2D eigenvalue weighted by Gasteiger charge is 1.98. The summed E-state index contributed by atoms with van der Waals surface area (Å²) in [5.74, 6) is 0. The molecule has 1 unspecified atom stereocenters. The zero-order valence-corrected chi connectivity index (χ0v) is 7.37. The number of hydrogen-bond donors (Lipinski definition) is 2. The number of carboxylic acid groups (broad SMARTS) is 1. The number of rotatable bonds is 6. The Balaban J connectivity index is 3.05. The molecule has 0 saturated heterocycles. The van der Waals surface area contributed by atoms with Crippen LogP contribution >= 0.6 is 0 Å². The lowest BCUT2D eigenvalue weighted by molar-refractivity contribution is 0.0198. The number of hydrogen-bond acceptors (Lipinski definition) is 3. The van der Waals surface area contributed by atoms with Gasteiger partial charge in [0.15, 0.2) is 0 Å². The maximum absolute atomic E-state index is 9.96. The van der Waals surface area contributed by atoms with Crippen LogP contribution < -0.4 is 5.32 Å². The third-order valence-corrected chi connectivity index (χ3v) is 1.28. The second kappa shape index (κ2) is 6.87. The summed E-state index contributed by atoms with van der Waals surface area (Å²) in [5.41, 5.74) is 0. The minimum atomic E-state index is -1.03. The van der Waals surface area contributed by atoms with E-state index >= 15 is 0 Å². The summed E-state index contributed by atoms with van der Waals surface area (Å²) >= 11 is 0. The summed E-state index contributed by atoms with van der Waals surface area (Å²) < 4.78 is 10.0. The molecule has 0 aliphatic heterocycles. The smallest absolute Gasteiger partial charge is 0.404 e. The molecule has 0 aromatic heterocycles. The molecule has 0 aliphatic carbocycles. The minimum Gasteiger partial charge on any atom is -0.465 e. The first-order valence-electron chi connectivity index (χ1n) is 3.74. The van der Waals surface area contributed by atoms with Gasteiger partial charge in [-0.2, -0.15) is 0 Å². The quantitative estimate of drug-likeness (QED) is 0.573. The number of amides is 1. The molecule has 0 spiro atoms. The van der Waals surface area contributed by atoms with Crippen molar-refractivity contribution in [1.29, 1.82) is 0 Å². The Morgan fingerprint density at radius 2 is 2.33 bits per heavy atom. The van der Waals surface area contributed by atoms with Crippen molar-refractivity contribution in [2.75, 3.05) is 26.9 Å². The van der Waals surface area contributed by atoms with Crippen LogP contribution in [0.25, 0.3) is 0 Å². The van der Waals surface area contributed by atoms with Crippen LogP contribution in [0.4, 0.5) is 4.79 Å². The van der Waals surface area contributed by atoms with Gasteiger partial charge in [-0.1, -0.05) is 0 Å². The van der Waals surface area contributed by atoms with Crippen LogP contribution in [-0.4, -0.2) is 44.2 Å². The molecule has 5 heteroatoms. The molecule has 5 nitrogen and oxygen atoms in total. The van der Waals surface area contributed by atoms with Gasteiger partial charge < -0.3 is 19.9 Å². The van der Waals surface area contributed by atoms with Gasteiger partial charge in [0.1, 0.15) is 0 Å². The largest absolute Gasteiger partial charge is 0.465 e. The summed E-state index contributed by atoms with van der Waals surface area (Å²) in [5, 5.41) is 10.4. The van der Waals surface area contributed by atoms with Gasteiger partial charge in [0, 0.05) is 13.7 Å². The SMILES string of the molecule is COC(C)COCCNC(=O)O. The van der Waals surface area contributed by atoms with E-state index in [0.717, 1.165) is 0 Å². The van der Waals surface area contributed by atoms with Crippen LogP contribution in [0.3, 0.4) is 0 Å². The molecule has 0 saturated carbocycles. The second-order valence-corrected chi connectivity index (χ2v) is 2.35. The van der Waals surface area contributed by atoms with Gasteiger partial charge in [0.05, 0.1) is 19.3 Å². The van der Waals surface area contributed by atoms with Crippen molar-refractivity contribution in [1.82, 2.24) is 5.32 Å². The molecule has 0 aromatic rings. The molecule has 0 rings (SSSR count). The fourth-order valence-electron chi connectivity index (χ4n) is 0.547. The van der Waals surface area contributed by atoms with Crippen LogP contribution in [-0.2, 0) is 9.47 Å². The van der Waals surface area contributed by atoms with Crippen LogP contribution in [0, 0.1) is 0 Å². The van der Waals surface area contributed by atoms with Crippen molar-refractivity contribution in [3.8, 4) is 0 Å². The fourth-order valence-corrected chi connectivity index (χ4v) is 0.547. The van der Waals surface area contributed by atoms with E-state index < -0.39 is 6.09 Å². The molecule has 0 bridgehead atoms. The second-order valence-electron chi connectivity index (χ2n) is 2.35. The third kappa shape index (κ3) is 7.30. The molecular weight excluding hydrogens is 162 g/mol. The van der Waals surface area contributed by atoms with Crippen molar-refractivity contribution in [3.63, 3.8) is 0 Å². The Morgan fingerprint density at radius 1 is 1.67 bits per heavy atom. The van der Waals surface area contributed by atoms with Crippen LogP contribution in [0.1, 0.15) is 6.92 Å². The highest BCUT2D eigenvalue weighted by Crippen LogP contribution is 1.87. The summed E-state index contributed by atoms with van der Waals surface area (Å²) in [6, 6.07) is 0. The molecule has 0 aromatic carbocycles. The average molecular weight is 177 g/mol. The zero-order valence-electron chi connectivity index (χ0n) is 7.37. The van der Waals surface area contributed by atoms with Crippen LogP contribution in [0.2, 0.25) is 0 Å². The highest BCUT2D eigenvalue weighted by molar-refractivity contribution is 5.64. The van der Waals surface area contributed by atoms with Gasteiger partial charge in [-0.3, -0.25) is 0 Å². The maximum Gasteiger partial charge on any atom is 0.404 e. The molecule has 1 atom stereocenters. The normalized spacial score (nSPS) is 12.5. The predicted octanol–water partition coefficient (Wildman–Crippen LogP) is 0.306. The van der Waals surface area contributed by atoms with E-state index in [2.05, 4.69) is 5.32 Å². The van der Waals surface area contributed by atoms with E-state index in [1.54, 1.807) is 7.11 Å². The first-order chi connectivity index (χ1) is 5.66. The van der Waals surface area contributed by atoms with E-state index in [-0.39, 0.29) is 6.10 Å². The number of nitrogens with one attached hydrogen (secondary N) is 1. The van der Waals surface area contributed by atoms with Gasteiger partial charge in [-0.15, -0.1) is 0 Å². The Labute approximate surface area is 71.7 Å². The van der Waals surface area contributed by atoms with Gasteiger partial charge in [0.25, 0.3) is 0 Å². The summed E-state index contributed by atoms with van der Waals surface area (Å²) in [4.78, 5) is 9.96. The molecule has 0 radical (unpaired) electrons. The Kier molecular flexibility index (Phi) is 6.41. The standard InChI is InChI=1S/C7H15NO4/c1-6(11-2)5-12-4-3-8-7(9)10/h6,8H,3-5H2,1-2H3,(H,9,10). The van der Waals surface area contributed by atoms with Crippen molar-refractivity contribution in [3.05, 3.63) is 0 Å². The average Bonchev–Trinajstić information content (AvgIpc) is 2.03. The highest BCUT2D eigenvalue weighted by atomic mass is 16.5. The predicted molar refractivity (Wildman–Crippen MR) is 43.3 cm³/mol. The minimum absolute atomic E-state index is 0.0508. The molecule has 1 amide bonds. The molecule has 12 heavy (non-hydrogen) atoms. The molecule has 0 fully saturated rings. The molecule has 0 heterocycles. The van der Waals surface area contributed by atoms with Crippen molar-refractivity contribution < 1.29 is 19.4 Å². The van der Waals surface area contributed by atoms with Crippen molar-refractivity contribution in [2.24, 2.45) is 0 Å². The molecule has 0 aliphatic rings. The van der Waals surface area contributed by atoms with E-state index in [9.17, 15) is 4.79 Å². The summed E-state index contributed by atoms with van der Waals surface area (Å²) in [6.07, 6.45) is -0.979. The van der Waals surface area contributed by atoms with Crippen molar-refractivity contribution in [2.45, 2.75) is 13.0 Å². The molecule has 2 N–H and O–H groups in total. The number of carbonyl (C=O) groups is 1. The Hall–Kier alpha value is -0.810. The first kappa shape index (κ1) is 11.2. The van der Waals surface area contributed by atoms with Crippen molar-refractivity contribution >= 4 is 6.09 Å².